The van der Waals surface area contributed by atoms with Gasteiger partial charge in [0.05, 0.1) is 11.3 Å². The number of alkyl halides is 3. The van der Waals surface area contributed by atoms with E-state index in [1.54, 1.807) is 38.1 Å². The highest BCUT2D eigenvalue weighted by atomic mass is 32.2. The quantitative estimate of drug-likeness (QED) is 0.390. The molecule has 174 valence electrons. The van der Waals surface area contributed by atoms with Gasteiger partial charge >= 0.3 is 12.1 Å². The molecule has 0 unspecified atom stereocenters. The van der Waals surface area contributed by atoms with E-state index in [2.05, 4.69) is 10.3 Å². The van der Waals surface area contributed by atoms with Gasteiger partial charge in [-0.25, -0.2) is 4.98 Å². The summed E-state index contributed by atoms with van der Waals surface area (Å²) in [6.45, 7) is 3.59. The standard InChI is InChI=1S/C23H21F3N2O3S2/c1-22(2,20(30)31)33-21-28-18(13-32-21)11-12-27-19(29)16-5-3-14(4-6-16)15-7-9-17(10-8-15)23(24,25)26/h3-10,13H,11-12H2,1-2H3,(H,27,29)(H,30,31). The first-order chi connectivity index (χ1) is 15.5. The van der Waals surface area contributed by atoms with Gasteiger partial charge < -0.3 is 10.4 Å². The minimum atomic E-state index is -4.38. The Kier molecular flexibility index (Phi) is 7.48. The molecule has 0 bridgehead atoms. The Morgan fingerprint density at radius 1 is 1.03 bits per heavy atom. The summed E-state index contributed by atoms with van der Waals surface area (Å²) < 4.78 is 37.8. The van der Waals surface area contributed by atoms with Crippen molar-refractivity contribution in [1.29, 1.82) is 0 Å². The number of carboxylic acid groups (broad SMARTS) is 1. The number of carbonyl (C=O) groups is 2. The number of amides is 1. The fraction of sp³-hybridized carbons (Fsp3) is 0.261. The smallest absolute Gasteiger partial charge is 0.416 e. The molecule has 0 radical (unpaired) electrons. The van der Waals surface area contributed by atoms with Crippen LogP contribution in [0.5, 0.6) is 0 Å². The topological polar surface area (TPSA) is 79.3 Å². The summed E-state index contributed by atoms with van der Waals surface area (Å²) in [5, 5.41) is 13.9. The predicted molar refractivity (Wildman–Crippen MR) is 123 cm³/mol. The van der Waals surface area contributed by atoms with Crippen molar-refractivity contribution >= 4 is 35.0 Å². The Hall–Kier alpha value is -2.85. The summed E-state index contributed by atoms with van der Waals surface area (Å²) >= 11 is 2.54. The van der Waals surface area contributed by atoms with Crippen molar-refractivity contribution < 1.29 is 27.9 Å². The molecule has 0 saturated carbocycles. The molecule has 0 atom stereocenters. The number of rotatable bonds is 8. The second-order valence-corrected chi connectivity index (χ2v) is 10.4. The molecule has 0 aliphatic carbocycles. The molecular formula is C23H21F3N2O3S2. The molecule has 1 heterocycles. The number of aliphatic carboxylic acids is 1. The van der Waals surface area contributed by atoms with E-state index in [1.807, 2.05) is 5.38 Å². The van der Waals surface area contributed by atoms with Gasteiger partial charge in [0.15, 0.2) is 4.34 Å². The fourth-order valence-corrected chi connectivity index (χ4v) is 5.01. The lowest BCUT2D eigenvalue weighted by Crippen LogP contribution is -2.27. The summed E-state index contributed by atoms with van der Waals surface area (Å²) in [5.41, 5.74) is 1.82. The van der Waals surface area contributed by atoms with Gasteiger partial charge in [-0.2, -0.15) is 13.2 Å². The summed E-state index contributed by atoms with van der Waals surface area (Å²) in [6.07, 6.45) is -3.88. The normalized spacial score (nSPS) is 11.9. The SMILES string of the molecule is CC(C)(Sc1nc(CCNC(=O)c2ccc(-c3ccc(C(F)(F)F)cc3)cc2)cs1)C(=O)O. The van der Waals surface area contributed by atoms with Crippen molar-refractivity contribution in [1.82, 2.24) is 10.3 Å². The predicted octanol–water partition coefficient (Wildman–Crippen LogP) is 5.76. The fourth-order valence-electron chi connectivity index (χ4n) is 2.78. The Morgan fingerprint density at radius 3 is 2.15 bits per heavy atom. The highest BCUT2D eigenvalue weighted by molar-refractivity contribution is 8.02. The van der Waals surface area contributed by atoms with E-state index in [0.29, 0.717) is 34.0 Å². The first kappa shape index (κ1) is 24.8. The molecule has 1 aromatic heterocycles. The zero-order valence-electron chi connectivity index (χ0n) is 17.8. The minimum absolute atomic E-state index is 0.272. The monoisotopic (exact) mass is 494 g/mol. The van der Waals surface area contributed by atoms with Gasteiger partial charge in [0.25, 0.3) is 5.91 Å². The van der Waals surface area contributed by atoms with Crippen molar-refractivity contribution in [3.8, 4) is 11.1 Å². The Balaban J connectivity index is 1.53. The van der Waals surface area contributed by atoms with Crippen LogP contribution in [0.3, 0.4) is 0 Å². The number of hydrogen-bond acceptors (Lipinski definition) is 5. The van der Waals surface area contributed by atoms with Crippen LogP contribution in [0.2, 0.25) is 0 Å². The number of benzene rings is 2. The highest BCUT2D eigenvalue weighted by Crippen LogP contribution is 2.34. The summed E-state index contributed by atoms with van der Waals surface area (Å²) in [6, 6.07) is 11.5. The van der Waals surface area contributed by atoms with E-state index in [1.165, 1.54) is 35.2 Å². The number of thiazole rings is 1. The second kappa shape index (κ2) is 9.96. The maximum atomic E-state index is 12.7. The van der Waals surface area contributed by atoms with Crippen LogP contribution in [-0.4, -0.2) is 33.3 Å². The van der Waals surface area contributed by atoms with Crippen LogP contribution < -0.4 is 5.32 Å². The number of thioether (sulfide) groups is 1. The molecule has 0 aliphatic heterocycles. The number of nitrogens with zero attached hydrogens (tertiary/aromatic N) is 1. The zero-order chi connectivity index (χ0) is 24.2. The van der Waals surface area contributed by atoms with Crippen molar-refractivity contribution in [3.05, 3.63) is 70.7 Å². The highest BCUT2D eigenvalue weighted by Gasteiger charge is 2.30. The van der Waals surface area contributed by atoms with Crippen LogP contribution in [0.25, 0.3) is 11.1 Å². The zero-order valence-corrected chi connectivity index (χ0v) is 19.4. The molecule has 0 aliphatic rings. The van der Waals surface area contributed by atoms with E-state index in [4.69, 9.17) is 0 Å². The van der Waals surface area contributed by atoms with Crippen LogP contribution in [0.15, 0.2) is 58.3 Å². The second-order valence-electron chi connectivity index (χ2n) is 7.68. The van der Waals surface area contributed by atoms with Gasteiger partial charge in [0.2, 0.25) is 0 Å². The number of aromatic nitrogens is 1. The third kappa shape index (κ3) is 6.58. The molecule has 2 N–H and O–H groups in total. The third-order valence-corrected chi connectivity index (χ3v) is 6.92. The van der Waals surface area contributed by atoms with Gasteiger partial charge in [0.1, 0.15) is 4.75 Å². The largest absolute Gasteiger partial charge is 0.480 e. The Morgan fingerprint density at radius 2 is 1.61 bits per heavy atom. The average Bonchev–Trinajstić information content (AvgIpc) is 3.19. The molecule has 1 amide bonds. The Bertz CT molecular complexity index is 1130. The minimum Gasteiger partial charge on any atom is -0.480 e. The van der Waals surface area contributed by atoms with Crippen LogP contribution in [0, 0.1) is 0 Å². The number of carbonyl (C=O) groups excluding carboxylic acids is 1. The summed E-state index contributed by atoms with van der Waals surface area (Å²) in [4.78, 5) is 28.0. The lowest BCUT2D eigenvalue weighted by atomic mass is 10.0. The number of hydrogen-bond donors (Lipinski definition) is 2. The van der Waals surface area contributed by atoms with Crippen LogP contribution >= 0.6 is 23.1 Å². The number of halogens is 3. The van der Waals surface area contributed by atoms with E-state index in [9.17, 15) is 27.9 Å². The van der Waals surface area contributed by atoms with Crippen LogP contribution in [-0.2, 0) is 17.4 Å². The first-order valence-electron chi connectivity index (χ1n) is 9.88. The van der Waals surface area contributed by atoms with E-state index in [-0.39, 0.29) is 5.91 Å². The van der Waals surface area contributed by atoms with Crippen molar-refractivity contribution in [2.75, 3.05) is 6.54 Å². The van der Waals surface area contributed by atoms with E-state index >= 15 is 0 Å². The van der Waals surface area contributed by atoms with E-state index < -0.39 is 22.5 Å². The average molecular weight is 495 g/mol. The lowest BCUT2D eigenvalue weighted by Gasteiger charge is -2.15. The van der Waals surface area contributed by atoms with Gasteiger partial charge in [-0.05, 0) is 49.2 Å². The maximum absolute atomic E-state index is 12.7. The molecule has 3 aromatic rings. The van der Waals surface area contributed by atoms with Crippen molar-refractivity contribution in [2.24, 2.45) is 0 Å². The molecule has 3 rings (SSSR count). The Labute approximate surface area is 197 Å². The first-order valence-corrected chi connectivity index (χ1v) is 11.6. The maximum Gasteiger partial charge on any atom is 0.416 e. The van der Waals surface area contributed by atoms with Gasteiger partial charge in [-0.15, -0.1) is 11.3 Å². The molecule has 0 fully saturated rings. The molecule has 10 heteroatoms. The van der Waals surface area contributed by atoms with Gasteiger partial charge in [-0.1, -0.05) is 36.0 Å². The van der Waals surface area contributed by atoms with E-state index in [0.717, 1.165) is 17.8 Å². The van der Waals surface area contributed by atoms with Gasteiger partial charge in [0, 0.05) is 23.9 Å². The van der Waals surface area contributed by atoms with Crippen molar-refractivity contribution in [2.45, 2.75) is 35.5 Å². The molecular weight excluding hydrogens is 473 g/mol. The van der Waals surface area contributed by atoms with Crippen molar-refractivity contribution in [3.63, 3.8) is 0 Å². The molecule has 0 spiro atoms. The molecule has 2 aromatic carbocycles. The number of carboxylic acids is 1. The molecule has 5 nitrogen and oxygen atoms in total. The molecule has 33 heavy (non-hydrogen) atoms. The van der Waals surface area contributed by atoms with Gasteiger partial charge in [-0.3, -0.25) is 9.59 Å². The summed E-state index contributed by atoms with van der Waals surface area (Å²) in [5.74, 6) is -1.19. The lowest BCUT2D eigenvalue weighted by molar-refractivity contribution is -0.139. The molecule has 0 saturated heterocycles. The summed E-state index contributed by atoms with van der Waals surface area (Å²) in [7, 11) is 0. The third-order valence-electron chi connectivity index (χ3n) is 4.75. The van der Waals surface area contributed by atoms with Crippen LogP contribution in [0.1, 0.15) is 35.5 Å². The van der Waals surface area contributed by atoms with Crippen LogP contribution in [0.4, 0.5) is 13.2 Å². The number of nitrogens with one attached hydrogen (secondary N) is 1.